The number of azide groups is 1. The lowest BCUT2D eigenvalue weighted by molar-refractivity contribution is -0.256. The number of ether oxygens (including phenoxy) is 5. The Morgan fingerprint density at radius 1 is 1.07 bits per heavy atom. The summed E-state index contributed by atoms with van der Waals surface area (Å²) < 4.78 is 23.6. The number of halogens is 3. The van der Waals surface area contributed by atoms with Crippen LogP contribution in [0, 0.1) is 5.41 Å². The molecule has 2 unspecified atom stereocenters. The Balaban J connectivity index is 3.35. The zero-order chi connectivity index (χ0) is 22.4. The van der Waals surface area contributed by atoms with Crippen LogP contribution < -0.4 is 0 Å². The maximum absolute atomic E-state index is 11.6. The summed E-state index contributed by atoms with van der Waals surface area (Å²) in [6, 6.07) is -1.45. The molecule has 0 spiro atoms. The van der Waals surface area contributed by atoms with Gasteiger partial charge < -0.3 is 23.7 Å². The molecule has 0 saturated carbocycles. The van der Waals surface area contributed by atoms with Crippen molar-refractivity contribution in [3.8, 4) is 0 Å². The number of hydrogen-bond donors (Lipinski definition) is 1. The van der Waals surface area contributed by atoms with Crippen molar-refractivity contribution < 1.29 is 38.1 Å². The molecule has 1 aliphatic rings. The first kappa shape index (κ1) is 25.1. The largest absolute Gasteiger partial charge is 0.463 e. The molecule has 5 atom stereocenters. The summed E-state index contributed by atoms with van der Waals surface area (Å²) in [6.07, 6.45) is -5.60. The average molecular weight is 476 g/mol. The molecule has 1 saturated heterocycles. The standard InChI is InChI=1S/C14H17Cl3N4O8/c1-5(22)25-4-8-10(26-6(2)23)11(27-7(3)24)9(20-21-19)12(28-8)29-13(18)14(15,16)17/h8-12,18H,4H2,1-3H3/t8?,9?,10-,11+,12-/m0/s1. The summed E-state index contributed by atoms with van der Waals surface area (Å²) in [6.45, 7) is 2.82. The lowest BCUT2D eigenvalue weighted by Gasteiger charge is -2.43. The molecular weight excluding hydrogens is 459 g/mol. The van der Waals surface area contributed by atoms with Gasteiger partial charge in [-0.3, -0.25) is 19.8 Å². The first-order valence-corrected chi connectivity index (χ1v) is 9.00. The molecule has 0 amide bonds. The van der Waals surface area contributed by atoms with Crippen LogP contribution in [-0.2, 0) is 38.1 Å². The highest BCUT2D eigenvalue weighted by atomic mass is 35.6. The molecule has 162 valence electrons. The number of rotatable bonds is 6. The second-order valence-electron chi connectivity index (χ2n) is 5.63. The highest BCUT2D eigenvalue weighted by molar-refractivity contribution is 6.76. The van der Waals surface area contributed by atoms with Crippen molar-refractivity contribution in [2.45, 2.75) is 55.2 Å². The normalized spacial score (nSPS) is 26.5. The molecule has 1 rings (SSSR count). The van der Waals surface area contributed by atoms with Crippen LogP contribution in [0.3, 0.4) is 0 Å². The molecular formula is C14H17Cl3N4O8. The molecule has 1 fully saturated rings. The lowest BCUT2D eigenvalue weighted by atomic mass is 9.97. The Labute approximate surface area is 179 Å². The Morgan fingerprint density at radius 2 is 1.62 bits per heavy atom. The van der Waals surface area contributed by atoms with Crippen LogP contribution in [0.4, 0.5) is 0 Å². The van der Waals surface area contributed by atoms with E-state index in [1.165, 1.54) is 0 Å². The van der Waals surface area contributed by atoms with Crippen LogP contribution in [-0.4, -0.2) is 64.8 Å². The number of nitrogens with one attached hydrogen (secondary N) is 1. The second-order valence-corrected chi connectivity index (χ2v) is 7.92. The summed E-state index contributed by atoms with van der Waals surface area (Å²) in [7, 11) is 0. The smallest absolute Gasteiger partial charge is 0.303 e. The number of carbonyl (C=O) groups is 3. The van der Waals surface area contributed by atoms with E-state index in [2.05, 4.69) is 10.0 Å². The third-order valence-electron chi connectivity index (χ3n) is 3.35. The summed E-state index contributed by atoms with van der Waals surface area (Å²) in [5.41, 5.74) is 8.89. The van der Waals surface area contributed by atoms with E-state index in [4.69, 9.17) is 69.4 Å². The molecule has 1 N–H and O–H groups in total. The number of nitrogens with zero attached hydrogens (tertiary/aromatic N) is 3. The van der Waals surface area contributed by atoms with Gasteiger partial charge in [0.15, 0.2) is 12.2 Å². The van der Waals surface area contributed by atoms with Gasteiger partial charge in [-0.05, 0) is 5.53 Å². The van der Waals surface area contributed by atoms with E-state index in [-0.39, 0.29) is 0 Å². The Kier molecular flexibility index (Phi) is 9.24. The molecule has 29 heavy (non-hydrogen) atoms. The number of hydrogen-bond acceptors (Lipinski definition) is 10. The molecule has 1 aliphatic heterocycles. The molecule has 0 aromatic heterocycles. The molecule has 0 aliphatic carbocycles. The predicted molar refractivity (Wildman–Crippen MR) is 98.4 cm³/mol. The van der Waals surface area contributed by atoms with E-state index in [0.717, 1.165) is 20.8 Å². The van der Waals surface area contributed by atoms with Gasteiger partial charge in [0.1, 0.15) is 18.8 Å². The fraction of sp³-hybridized carbons (Fsp3) is 0.714. The third-order valence-corrected chi connectivity index (χ3v) is 3.86. The Morgan fingerprint density at radius 3 is 2.07 bits per heavy atom. The van der Waals surface area contributed by atoms with Crippen molar-refractivity contribution in [1.29, 1.82) is 5.41 Å². The van der Waals surface area contributed by atoms with Gasteiger partial charge in [0.25, 0.3) is 3.79 Å². The van der Waals surface area contributed by atoms with Crippen LogP contribution in [0.5, 0.6) is 0 Å². The van der Waals surface area contributed by atoms with Crippen LogP contribution >= 0.6 is 34.8 Å². The Bertz CT molecular complexity index is 709. The Hall–Kier alpha value is -1.98. The molecule has 0 aromatic carbocycles. The minimum Gasteiger partial charge on any atom is -0.463 e. The van der Waals surface area contributed by atoms with Crippen LogP contribution in [0.15, 0.2) is 5.11 Å². The summed E-state index contributed by atoms with van der Waals surface area (Å²) in [5, 5.41) is 11.1. The number of alkyl halides is 3. The molecule has 15 heteroatoms. The molecule has 0 radical (unpaired) electrons. The van der Waals surface area contributed by atoms with Crippen molar-refractivity contribution in [3.63, 3.8) is 0 Å². The van der Waals surface area contributed by atoms with E-state index < -0.39 is 64.8 Å². The van der Waals surface area contributed by atoms with Gasteiger partial charge in [-0.2, -0.15) is 0 Å². The highest BCUT2D eigenvalue weighted by Gasteiger charge is 2.52. The lowest BCUT2D eigenvalue weighted by Crippen LogP contribution is -2.61. The SMILES string of the molecule is CC(=O)OCC1O[C@@H](OC(=N)C(Cl)(Cl)Cl)C(N=[N+]=[N-])[C@@H](OC(C)=O)[C@H]1OC(C)=O. The highest BCUT2D eigenvalue weighted by Crippen LogP contribution is 2.33. The van der Waals surface area contributed by atoms with E-state index in [9.17, 15) is 14.4 Å². The molecule has 0 aromatic rings. The molecule has 12 nitrogen and oxygen atoms in total. The maximum atomic E-state index is 11.6. The van der Waals surface area contributed by atoms with Gasteiger partial charge in [-0.25, -0.2) is 0 Å². The average Bonchev–Trinajstić information content (AvgIpc) is 2.56. The fourth-order valence-corrected chi connectivity index (χ4v) is 2.48. The van der Waals surface area contributed by atoms with E-state index >= 15 is 0 Å². The number of esters is 3. The van der Waals surface area contributed by atoms with Crippen LogP contribution in [0.25, 0.3) is 10.4 Å². The van der Waals surface area contributed by atoms with Gasteiger partial charge in [0.05, 0.1) is 0 Å². The first-order chi connectivity index (χ1) is 13.4. The fourth-order valence-electron chi connectivity index (χ4n) is 2.35. The van der Waals surface area contributed by atoms with E-state index in [0.29, 0.717) is 0 Å². The summed E-state index contributed by atoms with van der Waals surface area (Å²) >= 11 is 16.7. The van der Waals surface area contributed by atoms with E-state index in [1.807, 2.05) is 0 Å². The summed E-state index contributed by atoms with van der Waals surface area (Å²) in [5.74, 6) is -3.16. The van der Waals surface area contributed by atoms with Gasteiger partial charge in [0, 0.05) is 25.7 Å². The molecule has 0 bridgehead atoms. The predicted octanol–water partition coefficient (Wildman–Crippen LogP) is 2.18. The van der Waals surface area contributed by atoms with Crippen molar-refractivity contribution in [1.82, 2.24) is 0 Å². The van der Waals surface area contributed by atoms with Gasteiger partial charge in [0.2, 0.25) is 12.2 Å². The van der Waals surface area contributed by atoms with Gasteiger partial charge >= 0.3 is 17.9 Å². The van der Waals surface area contributed by atoms with Crippen molar-refractivity contribution in [2.75, 3.05) is 6.61 Å². The zero-order valence-electron chi connectivity index (χ0n) is 15.3. The van der Waals surface area contributed by atoms with Crippen LogP contribution in [0.2, 0.25) is 0 Å². The maximum Gasteiger partial charge on any atom is 0.303 e. The van der Waals surface area contributed by atoms with Crippen molar-refractivity contribution in [2.24, 2.45) is 5.11 Å². The topological polar surface area (TPSA) is 170 Å². The van der Waals surface area contributed by atoms with Gasteiger partial charge in [-0.1, -0.05) is 39.9 Å². The number of carbonyl (C=O) groups excluding carboxylic acids is 3. The second kappa shape index (κ2) is 10.7. The van der Waals surface area contributed by atoms with Gasteiger partial charge in [-0.15, -0.1) is 0 Å². The van der Waals surface area contributed by atoms with Crippen molar-refractivity contribution in [3.05, 3.63) is 10.4 Å². The minimum atomic E-state index is -2.28. The third kappa shape index (κ3) is 7.75. The minimum absolute atomic E-state index is 0.449. The van der Waals surface area contributed by atoms with Crippen LogP contribution in [0.1, 0.15) is 20.8 Å². The van der Waals surface area contributed by atoms with Crippen molar-refractivity contribution >= 4 is 58.6 Å². The summed E-state index contributed by atoms with van der Waals surface area (Å²) in [4.78, 5) is 36.9. The monoisotopic (exact) mass is 474 g/mol. The zero-order valence-corrected chi connectivity index (χ0v) is 17.6. The first-order valence-electron chi connectivity index (χ1n) is 7.86. The quantitative estimate of drug-likeness (QED) is 0.0890. The molecule has 1 heterocycles. The van der Waals surface area contributed by atoms with E-state index in [1.54, 1.807) is 0 Å².